The molecule has 7 nitrogen and oxygen atoms in total. The summed E-state index contributed by atoms with van der Waals surface area (Å²) in [5, 5.41) is 12.9. The summed E-state index contributed by atoms with van der Waals surface area (Å²) >= 11 is 0. The van der Waals surface area contributed by atoms with Crippen LogP contribution < -0.4 is 15.0 Å². The van der Waals surface area contributed by atoms with Crippen LogP contribution in [-0.2, 0) is 12.0 Å². The second-order valence-electron chi connectivity index (χ2n) is 10.1. The van der Waals surface area contributed by atoms with E-state index in [1.165, 1.54) is 10.5 Å². The Balaban J connectivity index is 1.36. The van der Waals surface area contributed by atoms with Crippen LogP contribution in [0.3, 0.4) is 0 Å². The van der Waals surface area contributed by atoms with Crippen LogP contribution in [0, 0.1) is 0 Å². The van der Waals surface area contributed by atoms with E-state index in [4.69, 9.17) is 4.74 Å². The molecule has 1 saturated heterocycles. The van der Waals surface area contributed by atoms with E-state index < -0.39 is 17.6 Å². The molecule has 0 aromatic heterocycles. The van der Waals surface area contributed by atoms with E-state index in [2.05, 4.69) is 43.1 Å². The molecule has 186 valence electrons. The van der Waals surface area contributed by atoms with Gasteiger partial charge in [-0.15, -0.1) is 0 Å². The summed E-state index contributed by atoms with van der Waals surface area (Å²) < 4.78 is 5.60. The fourth-order valence-electron chi connectivity index (χ4n) is 5.52. The van der Waals surface area contributed by atoms with Gasteiger partial charge in [0.1, 0.15) is 11.9 Å². The Morgan fingerprint density at radius 1 is 1.08 bits per heavy atom. The number of nitrogens with zero attached hydrogens (tertiary/aromatic N) is 2. The molecule has 0 bridgehead atoms. The van der Waals surface area contributed by atoms with Crippen molar-refractivity contribution in [2.75, 3.05) is 16.8 Å². The Labute approximate surface area is 211 Å². The molecule has 36 heavy (non-hydrogen) atoms. The number of nitrogens with one attached hydrogen (secondary N) is 1. The number of ether oxygens (including phenoxy) is 1. The quantitative estimate of drug-likeness (QED) is 0.436. The first-order chi connectivity index (χ1) is 17.3. The predicted octanol–water partition coefficient (Wildman–Crippen LogP) is 6.41. The van der Waals surface area contributed by atoms with Crippen molar-refractivity contribution in [2.24, 2.45) is 0 Å². The Kier molecular flexibility index (Phi) is 6.18. The summed E-state index contributed by atoms with van der Waals surface area (Å²) in [6.07, 6.45) is -1.09. The summed E-state index contributed by atoms with van der Waals surface area (Å²) in [7, 11) is 0. The number of amides is 2. The van der Waals surface area contributed by atoms with Crippen molar-refractivity contribution in [1.29, 1.82) is 0 Å². The van der Waals surface area contributed by atoms with Gasteiger partial charge in [-0.1, -0.05) is 63.2 Å². The summed E-state index contributed by atoms with van der Waals surface area (Å²) in [6, 6.07) is 23.0. The van der Waals surface area contributed by atoms with E-state index in [0.29, 0.717) is 29.6 Å². The van der Waals surface area contributed by atoms with Crippen LogP contribution in [0.25, 0.3) is 0 Å². The van der Waals surface area contributed by atoms with Gasteiger partial charge in [0, 0.05) is 24.2 Å². The molecule has 2 heterocycles. The van der Waals surface area contributed by atoms with Crippen molar-refractivity contribution >= 4 is 23.6 Å². The van der Waals surface area contributed by atoms with Gasteiger partial charge in [-0.2, -0.15) is 0 Å². The zero-order valence-electron chi connectivity index (χ0n) is 20.8. The maximum absolute atomic E-state index is 12.6. The summed E-state index contributed by atoms with van der Waals surface area (Å²) in [5.41, 5.74) is 4.11. The highest BCUT2D eigenvalue weighted by Gasteiger charge is 2.56. The third kappa shape index (κ3) is 4.31. The number of carbonyl (C=O) groups excluding carboxylic acids is 1. The average Bonchev–Trinajstić information content (AvgIpc) is 3.30. The van der Waals surface area contributed by atoms with Crippen LogP contribution >= 0.6 is 0 Å². The number of carbonyl (C=O) groups is 2. The second-order valence-corrected chi connectivity index (χ2v) is 10.1. The molecule has 2 amide bonds. The number of anilines is 2. The molecule has 0 radical (unpaired) electrons. The molecule has 2 N–H and O–H groups in total. The van der Waals surface area contributed by atoms with Crippen molar-refractivity contribution in [2.45, 2.75) is 51.2 Å². The predicted molar refractivity (Wildman–Crippen MR) is 140 cm³/mol. The van der Waals surface area contributed by atoms with Gasteiger partial charge < -0.3 is 9.84 Å². The third-order valence-electron chi connectivity index (χ3n) is 7.39. The summed E-state index contributed by atoms with van der Waals surface area (Å²) in [5.74, 6) is 0.797. The van der Waals surface area contributed by atoms with E-state index >= 15 is 0 Å². The van der Waals surface area contributed by atoms with Crippen molar-refractivity contribution in [3.05, 3.63) is 89.5 Å². The first-order valence-corrected chi connectivity index (χ1v) is 12.3. The SMILES string of the molecule is CC(C)c1ccc(NC(=O)Oc2ccc3c(c2)C2(C)CCN(Cc4ccccc4)C2N3C(=O)O)cc1. The number of carboxylic acid groups (broad SMARTS) is 1. The third-order valence-corrected chi connectivity index (χ3v) is 7.39. The molecular formula is C29H31N3O4. The largest absolute Gasteiger partial charge is 0.465 e. The standard InChI is InChI=1S/C29H31N3O4/c1-19(2)21-9-11-22(12-10-21)30-27(33)36-23-13-14-25-24(17-23)29(3)15-16-31(26(29)32(25)28(34)35)18-20-7-5-4-6-8-20/h4-14,17,19,26H,15-16,18H2,1-3H3,(H,30,33)(H,34,35). The molecule has 3 aromatic carbocycles. The Morgan fingerprint density at radius 2 is 1.81 bits per heavy atom. The van der Waals surface area contributed by atoms with Crippen LogP contribution in [0.2, 0.25) is 0 Å². The van der Waals surface area contributed by atoms with E-state index in [1.807, 2.05) is 48.5 Å². The number of rotatable bonds is 5. The Hall–Kier alpha value is -3.84. The van der Waals surface area contributed by atoms with E-state index in [1.54, 1.807) is 12.1 Å². The maximum Gasteiger partial charge on any atom is 0.417 e. The number of likely N-dealkylation sites (tertiary alicyclic amines) is 1. The highest BCUT2D eigenvalue weighted by molar-refractivity contribution is 5.92. The minimum atomic E-state index is -0.985. The van der Waals surface area contributed by atoms with Gasteiger partial charge in [-0.25, -0.2) is 9.59 Å². The van der Waals surface area contributed by atoms with Gasteiger partial charge in [0.15, 0.2) is 0 Å². The molecule has 3 aromatic rings. The monoisotopic (exact) mass is 485 g/mol. The summed E-state index contributed by atoms with van der Waals surface area (Å²) in [6.45, 7) is 7.78. The lowest BCUT2D eigenvalue weighted by Gasteiger charge is -2.34. The van der Waals surface area contributed by atoms with Crippen LogP contribution in [0.5, 0.6) is 5.75 Å². The van der Waals surface area contributed by atoms with E-state index in [9.17, 15) is 14.7 Å². The maximum atomic E-state index is 12.6. The molecular weight excluding hydrogens is 454 g/mol. The molecule has 0 saturated carbocycles. The molecule has 5 rings (SSSR count). The molecule has 2 atom stereocenters. The first-order valence-electron chi connectivity index (χ1n) is 12.3. The van der Waals surface area contributed by atoms with Gasteiger partial charge in [-0.3, -0.25) is 15.1 Å². The van der Waals surface area contributed by atoms with Gasteiger partial charge in [0.05, 0.1) is 5.69 Å². The topological polar surface area (TPSA) is 82.1 Å². The van der Waals surface area contributed by atoms with Crippen LogP contribution in [-0.4, -0.2) is 34.9 Å². The molecule has 2 unspecified atom stereocenters. The fraction of sp³-hybridized carbons (Fsp3) is 0.310. The number of fused-ring (bicyclic) bond motifs is 3. The smallest absolute Gasteiger partial charge is 0.417 e. The van der Waals surface area contributed by atoms with Crippen molar-refractivity contribution < 1.29 is 19.4 Å². The lowest BCUT2D eigenvalue weighted by molar-refractivity contribution is 0.170. The van der Waals surface area contributed by atoms with Crippen molar-refractivity contribution in [3.63, 3.8) is 0 Å². The fourth-order valence-corrected chi connectivity index (χ4v) is 5.52. The number of benzene rings is 3. The van der Waals surface area contributed by atoms with E-state index in [0.717, 1.165) is 24.1 Å². The van der Waals surface area contributed by atoms with Crippen LogP contribution in [0.4, 0.5) is 21.0 Å². The van der Waals surface area contributed by atoms with E-state index in [-0.39, 0.29) is 6.17 Å². The van der Waals surface area contributed by atoms with Gasteiger partial charge in [0.25, 0.3) is 0 Å². The minimum absolute atomic E-state index is 0.325. The molecule has 0 aliphatic carbocycles. The zero-order chi connectivity index (χ0) is 25.4. The van der Waals surface area contributed by atoms with Gasteiger partial charge in [-0.05, 0) is 59.4 Å². The molecule has 7 heteroatoms. The highest BCUT2D eigenvalue weighted by atomic mass is 16.6. The number of hydrogen-bond donors (Lipinski definition) is 2. The van der Waals surface area contributed by atoms with Crippen molar-refractivity contribution in [1.82, 2.24) is 4.90 Å². The molecule has 2 aliphatic rings. The minimum Gasteiger partial charge on any atom is -0.465 e. The summed E-state index contributed by atoms with van der Waals surface area (Å²) in [4.78, 5) is 28.7. The van der Waals surface area contributed by atoms with Crippen LogP contribution in [0.15, 0.2) is 72.8 Å². The van der Waals surface area contributed by atoms with Crippen LogP contribution in [0.1, 0.15) is 49.8 Å². The normalized spacial score (nSPS) is 20.8. The molecule has 0 spiro atoms. The highest BCUT2D eigenvalue weighted by Crippen LogP contribution is 2.53. The zero-order valence-corrected chi connectivity index (χ0v) is 20.8. The number of hydrogen-bond acceptors (Lipinski definition) is 4. The lowest BCUT2D eigenvalue weighted by Crippen LogP contribution is -2.50. The lowest BCUT2D eigenvalue weighted by atomic mass is 9.81. The molecule has 2 aliphatic heterocycles. The Bertz CT molecular complexity index is 1280. The van der Waals surface area contributed by atoms with Gasteiger partial charge >= 0.3 is 12.2 Å². The molecule has 1 fully saturated rings. The first kappa shape index (κ1) is 23.9. The average molecular weight is 486 g/mol. The second kappa shape index (κ2) is 9.32. The van der Waals surface area contributed by atoms with Crippen molar-refractivity contribution in [3.8, 4) is 5.75 Å². The Morgan fingerprint density at radius 3 is 2.47 bits per heavy atom. The van der Waals surface area contributed by atoms with Gasteiger partial charge in [0.2, 0.25) is 0 Å².